The highest BCUT2D eigenvalue weighted by atomic mass is 16.5. The van der Waals surface area contributed by atoms with E-state index in [-0.39, 0.29) is 18.6 Å². The molecule has 0 aliphatic rings. The molecule has 0 radical (unpaired) electrons. The Morgan fingerprint density at radius 1 is 1.46 bits per heavy atom. The average molecular weight is 184 g/mol. The fraction of sp³-hybridized carbons (Fsp3) is 0.333. The van der Waals surface area contributed by atoms with Gasteiger partial charge < -0.3 is 9.47 Å². The highest BCUT2D eigenvalue weighted by Crippen LogP contribution is 2.02. The van der Waals surface area contributed by atoms with Gasteiger partial charge in [0.15, 0.2) is 0 Å². The van der Waals surface area contributed by atoms with Crippen molar-refractivity contribution in [3.8, 4) is 0 Å². The maximum absolute atomic E-state index is 10.9. The van der Waals surface area contributed by atoms with Crippen LogP contribution in [0, 0.1) is 0 Å². The third-order valence-electron chi connectivity index (χ3n) is 1.14. The molecule has 13 heavy (non-hydrogen) atoms. The van der Waals surface area contributed by atoms with E-state index < -0.39 is 11.9 Å². The van der Waals surface area contributed by atoms with Crippen LogP contribution in [0.2, 0.25) is 0 Å². The molecule has 0 atom stereocenters. The first-order valence-corrected chi connectivity index (χ1v) is 3.77. The van der Waals surface area contributed by atoms with Gasteiger partial charge in [0.05, 0.1) is 19.3 Å². The van der Waals surface area contributed by atoms with E-state index in [4.69, 9.17) is 0 Å². The minimum atomic E-state index is -0.580. The number of esters is 2. The van der Waals surface area contributed by atoms with Crippen LogP contribution in [0.25, 0.3) is 0 Å². The normalized spacial score (nSPS) is 8.69. The molecule has 0 saturated carbocycles. The van der Waals surface area contributed by atoms with Crippen molar-refractivity contribution in [3.63, 3.8) is 0 Å². The molecule has 0 aromatic rings. The van der Waals surface area contributed by atoms with Gasteiger partial charge in [0.2, 0.25) is 0 Å². The number of hydrogen-bond acceptors (Lipinski definition) is 4. The fourth-order valence-corrected chi connectivity index (χ4v) is 0.614. The van der Waals surface area contributed by atoms with Crippen molar-refractivity contribution in [1.82, 2.24) is 0 Å². The topological polar surface area (TPSA) is 52.6 Å². The average Bonchev–Trinajstić information content (AvgIpc) is 2.05. The van der Waals surface area contributed by atoms with Crippen molar-refractivity contribution in [3.05, 3.63) is 25.0 Å². The lowest BCUT2D eigenvalue weighted by molar-refractivity contribution is -0.142. The molecule has 0 unspecified atom stereocenters. The first kappa shape index (κ1) is 11.4. The molecule has 0 aliphatic carbocycles. The maximum Gasteiger partial charge on any atom is 0.333 e. The monoisotopic (exact) mass is 184 g/mol. The van der Waals surface area contributed by atoms with Gasteiger partial charge in [-0.1, -0.05) is 13.2 Å². The van der Waals surface area contributed by atoms with Gasteiger partial charge >= 0.3 is 11.9 Å². The number of rotatable bonds is 5. The zero-order valence-electron chi connectivity index (χ0n) is 7.54. The zero-order chi connectivity index (χ0) is 10.3. The molecular formula is C9H12O4. The van der Waals surface area contributed by atoms with E-state index in [0.717, 1.165) is 6.26 Å². The summed E-state index contributed by atoms with van der Waals surface area (Å²) in [7, 11) is 0. The maximum atomic E-state index is 10.9. The van der Waals surface area contributed by atoms with Gasteiger partial charge in [-0.2, -0.15) is 0 Å². The minimum absolute atomic E-state index is 0.0775. The molecule has 0 saturated heterocycles. The van der Waals surface area contributed by atoms with Gasteiger partial charge in [-0.3, -0.25) is 4.79 Å². The lowest BCUT2D eigenvalue weighted by Crippen LogP contribution is -2.11. The third kappa shape index (κ3) is 4.79. The summed E-state index contributed by atoms with van der Waals surface area (Å²) in [6, 6.07) is 0. The first-order chi connectivity index (χ1) is 6.11. The fourth-order valence-electron chi connectivity index (χ4n) is 0.614. The Hall–Kier alpha value is -1.58. The van der Waals surface area contributed by atoms with E-state index in [1.54, 1.807) is 6.92 Å². The van der Waals surface area contributed by atoms with Gasteiger partial charge in [-0.05, 0) is 6.92 Å². The summed E-state index contributed by atoms with van der Waals surface area (Å²) < 4.78 is 9.01. The van der Waals surface area contributed by atoms with E-state index >= 15 is 0 Å². The summed E-state index contributed by atoms with van der Waals surface area (Å²) in [5.74, 6) is -1.16. The lowest BCUT2D eigenvalue weighted by Gasteiger charge is -2.03. The van der Waals surface area contributed by atoms with Crippen LogP contribution in [-0.4, -0.2) is 18.5 Å². The Balaban J connectivity index is 3.92. The minimum Gasteiger partial charge on any atom is -0.463 e. The van der Waals surface area contributed by atoms with E-state index in [0.29, 0.717) is 0 Å². The van der Waals surface area contributed by atoms with E-state index in [1.165, 1.54) is 0 Å². The summed E-state index contributed by atoms with van der Waals surface area (Å²) >= 11 is 0. The Kier molecular flexibility index (Phi) is 5.27. The van der Waals surface area contributed by atoms with Crippen LogP contribution in [0.3, 0.4) is 0 Å². The second-order valence-corrected chi connectivity index (χ2v) is 2.16. The molecule has 0 N–H and O–H groups in total. The molecule has 0 amide bonds. The number of carbonyl (C=O) groups excluding carboxylic acids is 2. The van der Waals surface area contributed by atoms with E-state index in [9.17, 15) is 9.59 Å². The van der Waals surface area contributed by atoms with E-state index in [2.05, 4.69) is 22.6 Å². The first-order valence-electron chi connectivity index (χ1n) is 3.77. The van der Waals surface area contributed by atoms with Crippen molar-refractivity contribution in [1.29, 1.82) is 0 Å². The summed E-state index contributed by atoms with van der Waals surface area (Å²) in [6.07, 6.45) is 0.825. The molecule has 0 fully saturated rings. The van der Waals surface area contributed by atoms with E-state index in [1.807, 2.05) is 0 Å². The summed E-state index contributed by atoms with van der Waals surface area (Å²) in [4.78, 5) is 21.7. The molecular weight excluding hydrogens is 172 g/mol. The van der Waals surface area contributed by atoms with Crippen LogP contribution >= 0.6 is 0 Å². The standard InChI is InChI=1S/C9H12O4/c1-4-12-8(10)6-7(3)9(11)13-5-2/h4H,1,3,5-6H2,2H3. The highest BCUT2D eigenvalue weighted by molar-refractivity contribution is 5.93. The Bertz CT molecular complexity index is 230. The SMILES string of the molecule is C=COC(=O)CC(=C)C(=O)OCC. The van der Waals surface area contributed by atoms with Gasteiger partial charge in [-0.15, -0.1) is 0 Å². The van der Waals surface area contributed by atoms with Crippen LogP contribution in [0.4, 0.5) is 0 Å². The molecule has 0 heterocycles. The second kappa shape index (κ2) is 5.99. The van der Waals surface area contributed by atoms with Crippen molar-refractivity contribution in [2.45, 2.75) is 13.3 Å². The van der Waals surface area contributed by atoms with Gasteiger partial charge in [0.25, 0.3) is 0 Å². The molecule has 0 aromatic carbocycles. The highest BCUT2D eigenvalue weighted by Gasteiger charge is 2.12. The van der Waals surface area contributed by atoms with Crippen molar-refractivity contribution in [2.75, 3.05) is 6.61 Å². The number of hydrogen-bond donors (Lipinski definition) is 0. The van der Waals surface area contributed by atoms with Crippen LogP contribution in [0.5, 0.6) is 0 Å². The Morgan fingerprint density at radius 3 is 2.54 bits per heavy atom. The summed E-state index contributed by atoms with van der Waals surface area (Å²) in [5.41, 5.74) is 0.0775. The van der Waals surface area contributed by atoms with Crippen molar-refractivity contribution < 1.29 is 19.1 Å². The molecule has 72 valence electrons. The smallest absolute Gasteiger partial charge is 0.333 e. The second-order valence-electron chi connectivity index (χ2n) is 2.16. The zero-order valence-corrected chi connectivity index (χ0v) is 7.54. The molecule has 0 rings (SSSR count). The largest absolute Gasteiger partial charge is 0.463 e. The summed E-state index contributed by atoms with van der Waals surface area (Å²) in [6.45, 7) is 8.52. The summed E-state index contributed by atoms with van der Waals surface area (Å²) in [5, 5.41) is 0. The lowest BCUT2D eigenvalue weighted by atomic mass is 10.2. The molecule has 4 nitrogen and oxygen atoms in total. The van der Waals surface area contributed by atoms with Crippen LogP contribution in [0.1, 0.15) is 13.3 Å². The van der Waals surface area contributed by atoms with Gasteiger partial charge in [0.1, 0.15) is 0 Å². The quantitative estimate of drug-likeness (QED) is 0.366. The van der Waals surface area contributed by atoms with Crippen LogP contribution < -0.4 is 0 Å². The molecule has 0 aliphatic heterocycles. The predicted molar refractivity (Wildman–Crippen MR) is 46.7 cm³/mol. The number of ether oxygens (including phenoxy) is 2. The molecule has 0 spiro atoms. The number of carbonyl (C=O) groups is 2. The van der Waals surface area contributed by atoms with Crippen LogP contribution in [-0.2, 0) is 19.1 Å². The predicted octanol–water partition coefficient (Wildman–Crippen LogP) is 1.18. The van der Waals surface area contributed by atoms with Crippen molar-refractivity contribution in [2.24, 2.45) is 0 Å². The molecule has 0 bridgehead atoms. The van der Waals surface area contributed by atoms with Gasteiger partial charge in [0, 0.05) is 5.57 Å². The van der Waals surface area contributed by atoms with Crippen LogP contribution in [0.15, 0.2) is 25.0 Å². The van der Waals surface area contributed by atoms with Crippen molar-refractivity contribution >= 4 is 11.9 Å². The Labute approximate surface area is 76.8 Å². The van der Waals surface area contributed by atoms with Gasteiger partial charge in [-0.25, -0.2) is 4.79 Å². The molecule has 0 aromatic heterocycles. The third-order valence-corrected chi connectivity index (χ3v) is 1.14. The molecule has 4 heteroatoms. The Morgan fingerprint density at radius 2 is 2.08 bits per heavy atom.